The minimum atomic E-state index is -5.00. The Bertz CT molecular complexity index is 939. The maximum Gasteiger partial charge on any atom is 0.419 e. The standard InChI is InChI=1S/C15H11F4NO4S/c1-8-2-3-9(14(21)22)6-13(8)25(23,24)20-10-4-5-12(16)11(7-10)15(17,18)19/h2-7,20H,1H3,(H,21,22). The largest absolute Gasteiger partial charge is 0.478 e. The van der Waals surface area contributed by atoms with Crippen LogP contribution in [0.4, 0.5) is 23.2 Å². The molecule has 0 aliphatic rings. The van der Waals surface area contributed by atoms with Crippen LogP contribution < -0.4 is 4.72 Å². The van der Waals surface area contributed by atoms with E-state index in [0.29, 0.717) is 12.1 Å². The summed E-state index contributed by atoms with van der Waals surface area (Å²) in [5.74, 6) is -2.91. The van der Waals surface area contributed by atoms with E-state index in [-0.39, 0.29) is 11.1 Å². The van der Waals surface area contributed by atoms with Crippen molar-refractivity contribution in [3.05, 3.63) is 58.9 Å². The molecule has 2 aromatic rings. The van der Waals surface area contributed by atoms with Gasteiger partial charge in [0.1, 0.15) is 5.82 Å². The number of nitrogens with one attached hydrogen (secondary N) is 1. The lowest BCUT2D eigenvalue weighted by Gasteiger charge is -2.13. The lowest BCUT2D eigenvalue weighted by atomic mass is 10.1. The van der Waals surface area contributed by atoms with Gasteiger partial charge in [0.2, 0.25) is 0 Å². The predicted octanol–water partition coefficient (Wildman–Crippen LogP) is 3.65. The van der Waals surface area contributed by atoms with Crippen molar-refractivity contribution in [3.63, 3.8) is 0 Å². The molecule has 134 valence electrons. The zero-order valence-electron chi connectivity index (χ0n) is 12.6. The van der Waals surface area contributed by atoms with Crippen LogP contribution in [-0.2, 0) is 16.2 Å². The van der Waals surface area contributed by atoms with Crippen LogP contribution in [0.1, 0.15) is 21.5 Å². The fourth-order valence-electron chi connectivity index (χ4n) is 2.04. The maximum absolute atomic E-state index is 13.3. The van der Waals surface area contributed by atoms with E-state index >= 15 is 0 Å². The zero-order valence-corrected chi connectivity index (χ0v) is 13.4. The summed E-state index contributed by atoms with van der Waals surface area (Å²) in [6.45, 7) is 1.39. The molecule has 0 heterocycles. The highest BCUT2D eigenvalue weighted by molar-refractivity contribution is 7.92. The van der Waals surface area contributed by atoms with Gasteiger partial charge < -0.3 is 5.11 Å². The Hall–Kier alpha value is -2.62. The van der Waals surface area contributed by atoms with Crippen LogP contribution in [0.25, 0.3) is 0 Å². The van der Waals surface area contributed by atoms with Crippen LogP contribution in [0.5, 0.6) is 0 Å². The van der Waals surface area contributed by atoms with Crippen molar-refractivity contribution in [2.45, 2.75) is 18.0 Å². The number of alkyl halides is 3. The first-order valence-electron chi connectivity index (χ1n) is 6.65. The Morgan fingerprint density at radius 1 is 1.12 bits per heavy atom. The quantitative estimate of drug-likeness (QED) is 0.797. The number of sulfonamides is 1. The van der Waals surface area contributed by atoms with E-state index in [1.165, 1.54) is 19.1 Å². The molecular weight excluding hydrogens is 366 g/mol. The topological polar surface area (TPSA) is 83.5 Å². The maximum atomic E-state index is 13.3. The second-order valence-electron chi connectivity index (χ2n) is 5.08. The Kier molecular flexibility index (Phi) is 4.76. The molecule has 0 bridgehead atoms. The Labute approximate surface area is 140 Å². The summed E-state index contributed by atoms with van der Waals surface area (Å²) >= 11 is 0. The Balaban J connectivity index is 2.47. The molecule has 2 aromatic carbocycles. The van der Waals surface area contributed by atoms with E-state index in [1.807, 2.05) is 4.72 Å². The highest BCUT2D eigenvalue weighted by Crippen LogP contribution is 2.33. The van der Waals surface area contributed by atoms with E-state index in [1.54, 1.807) is 0 Å². The smallest absolute Gasteiger partial charge is 0.419 e. The monoisotopic (exact) mass is 377 g/mol. The highest BCUT2D eigenvalue weighted by Gasteiger charge is 2.34. The number of aromatic carboxylic acids is 1. The molecule has 0 amide bonds. The molecule has 0 saturated carbocycles. The first-order valence-corrected chi connectivity index (χ1v) is 8.13. The third-order valence-corrected chi connectivity index (χ3v) is 4.77. The Morgan fingerprint density at radius 3 is 2.32 bits per heavy atom. The number of hydrogen-bond acceptors (Lipinski definition) is 3. The summed E-state index contributed by atoms with van der Waals surface area (Å²) < 4.78 is 78.0. The van der Waals surface area contributed by atoms with Crippen molar-refractivity contribution < 1.29 is 35.9 Å². The van der Waals surface area contributed by atoms with Crippen LogP contribution in [0.3, 0.4) is 0 Å². The molecule has 0 unspecified atom stereocenters. The molecule has 0 radical (unpaired) electrons. The molecule has 10 heteroatoms. The van der Waals surface area contributed by atoms with Gasteiger partial charge in [-0.05, 0) is 42.8 Å². The summed E-state index contributed by atoms with van der Waals surface area (Å²) in [6.07, 6.45) is -5.00. The van der Waals surface area contributed by atoms with Crippen molar-refractivity contribution in [1.82, 2.24) is 0 Å². The van der Waals surface area contributed by atoms with Gasteiger partial charge >= 0.3 is 12.1 Å². The van der Waals surface area contributed by atoms with Crippen molar-refractivity contribution >= 4 is 21.7 Å². The van der Waals surface area contributed by atoms with Gasteiger partial charge in [-0.3, -0.25) is 4.72 Å². The first-order chi connectivity index (χ1) is 11.4. The number of rotatable bonds is 4. The molecule has 0 aromatic heterocycles. The fraction of sp³-hybridized carbons (Fsp3) is 0.133. The first kappa shape index (κ1) is 18.7. The predicted molar refractivity (Wildman–Crippen MR) is 80.3 cm³/mol. The van der Waals surface area contributed by atoms with E-state index in [2.05, 4.69) is 0 Å². The van der Waals surface area contributed by atoms with Gasteiger partial charge in [-0.25, -0.2) is 17.6 Å². The summed E-state index contributed by atoms with van der Waals surface area (Å²) in [5.41, 5.74) is -2.24. The van der Waals surface area contributed by atoms with Crippen LogP contribution >= 0.6 is 0 Å². The molecule has 0 fully saturated rings. The third kappa shape index (κ3) is 4.08. The summed E-state index contributed by atoms with van der Waals surface area (Å²) in [4.78, 5) is 10.5. The Morgan fingerprint density at radius 2 is 1.76 bits per heavy atom. The van der Waals surface area contributed by atoms with E-state index in [4.69, 9.17) is 5.11 Å². The molecule has 0 saturated heterocycles. The van der Waals surface area contributed by atoms with Crippen molar-refractivity contribution in [2.75, 3.05) is 4.72 Å². The third-order valence-electron chi connectivity index (χ3n) is 3.25. The molecule has 2 rings (SSSR count). The van der Waals surface area contributed by atoms with E-state index < -0.39 is 44.1 Å². The molecule has 0 spiro atoms. The number of carbonyl (C=O) groups is 1. The fourth-order valence-corrected chi connectivity index (χ4v) is 3.36. The van der Waals surface area contributed by atoms with E-state index in [9.17, 15) is 30.8 Å². The number of carboxylic acids is 1. The number of aryl methyl sites for hydroxylation is 1. The molecule has 0 aliphatic carbocycles. The van der Waals surface area contributed by atoms with Gasteiger partial charge in [-0.2, -0.15) is 13.2 Å². The lowest BCUT2D eigenvalue weighted by Crippen LogP contribution is -2.16. The van der Waals surface area contributed by atoms with Gasteiger partial charge in [0, 0.05) is 5.69 Å². The number of carboxylic acid groups (broad SMARTS) is 1. The number of halogens is 4. The van der Waals surface area contributed by atoms with Crippen LogP contribution in [0, 0.1) is 12.7 Å². The average Bonchev–Trinajstić information content (AvgIpc) is 2.47. The molecule has 0 atom stereocenters. The normalized spacial score (nSPS) is 12.0. The summed E-state index contributed by atoms with van der Waals surface area (Å²) in [7, 11) is -4.38. The minimum absolute atomic E-state index is 0.190. The van der Waals surface area contributed by atoms with Gasteiger partial charge in [0.15, 0.2) is 0 Å². The number of hydrogen-bond donors (Lipinski definition) is 2. The minimum Gasteiger partial charge on any atom is -0.478 e. The zero-order chi connectivity index (χ0) is 19.0. The second-order valence-corrected chi connectivity index (χ2v) is 6.73. The average molecular weight is 377 g/mol. The van der Waals surface area contributed by atoms with Gasteiger partial charge in [0.25, 0.3) is 10.0 Å². The molecular formula is C15H11F4NO4S. The number of anilines is 1. The van der Waals surface area contributed by atoms with Crippen LogP contribution in [0.2, 0.25) is 0 Å². The van der Waals surface area contributed by atoms with Gasteiger partial charge in [0.05, 0.1) is 16.0 Å². The summed E-state index contributed by atoms with van der Waals surface area (Å²) in [5, 5.41) is 8.93. The summed E-state index contributed by atoms with van der Waals surface area (Å²) in [6, 6.07) is 4.97. The molecule has 25 heavy (non-hydrogen) atoms. The highest BCUT2D eigenvalue weighted by atomic mass is 32.2. The van der Waals surface area contributed by atoms with Crippen molar-refractivity contribution in [1.29, 1.82) is 0 Å². The van der Waals surface area contributed by atoms with Crippen molar-refractivity contribution in [2.24, 2.45) is 0 Å². The SMILES string of the molecule is Cc1ccc(C(=O)O)cc1S(=O)(=O)Nc1ccc(F)c(C(F)(F)F)c1. The van der Waals surface area contributed by atoms with Gasteiger partial charge in [-0.15, -0.1) is 0 Å². The van der Waals surface area contributed by atoms with Gasteiger partial charge in [-0.1, -0.05) is 6.07 Å². The molecule has 5 nitrogen and oxygen atoms in total. The second kappa shape index (κ2) is 6.36. The van der Waals surface area contributed by atoms with Crippen LogP contribution in [0.15, 0.2) is 41.3 Å². The van der Waals surface area contributed by atoms with E-state index in [0.717, 1.165) is 12.1 Å². The molecule has 2 N–H and O–H groups in total. The lowest BCUT2D eigenvalue weighted by molar-refractivity contribution is -0.139. The number of benzene rings is 2. The van der Waals surface area contributed by atoms with Crippen molar-refractivity contribution in [3.8, 4) is 0 Å². The van der Waals surface area contributed by atoms with Crippen LogP contribution in [-0.4, -0.2) is 19.5 Å². The molecule has 0 aliphatic heterocycles.